The molecular formula is C27H25F3N2O4. The van der Waals surface area contributed by atoms with Crippen LogP contribution in [0.5, 0.6) is 17.2 Å². The molecule has 0 atom stereocenters. The molecule has 0 N–H and O–H groups in total. The third kappa shape index (κ3) is 5.98. The number of aromatic nitrogens is 1. The molecule has 0 amide bonds. The number of benzene rings is 3. The first kappa shape index (κ1) is 24.1. The van der Waals surface area contributed by atoms with E-state index in [1.165, 1.54) is 12.1 Å². The van der Waals surface area contributed by atoms with Crippen molar-refractivity contribution in [3.63, 3.8) is 0 Å². The molecule has 1 aliphatic heterocycles. The summed E-state index contributed by atoms with van der Waals surface area (Å²) in [6, 6.07) is 17.2. The number of alkyl halides is 3. The monoisotopic (exact) mass is 498 g/mol. The summed E-state index contributed by atoms with van der Waals surface area (Å²) in [4.78, 5) is 6.90. The van der Waals surface area contributed by atoms with Crippen molar-refractivity contribution in [1.29, 1.82) is 0 Å². The van der Waals surface area contributed by atoms with Gasteiger partial charge in [-0.2, -0.15) is 13.2 Å². The van der Waals surface area contributed by atoms with Crippen LogP contribution >= 0.6 is 0 Å². The van der Waals surface area contributed by atoms with E-state index in [1.54, 1.807) is 18.2 Å². The zero-order valence-electron chi connectivity index (χ0n) is 19.5. The molecule has 0 spiro atoms. The Morgan fingerprint density at radius 1 is 0.861 bits per heavy atom. The van der Waals surface area contributed by atoms with Crippen LogP contribution in [0.1, 0.15) is 12.0 Å². The van der Waals surface area contributed by atoms with E-state index >= 15 is 0 Å². The summed E-state index contributed by atoms with van der Waals surface area (Å²) in [6.07, 6.45) is -3.44. The number of morpholine rings is 1. The number of oxazole rings is 1. The molecule has 0 unspecified atom stereocenters. The average molecular weight is 499 g/mol. The third-order valence-corrected chi connectivity index (χ3v) is 5.87. The minimum Gasteiger partial charge on any atom is -0.494 e. The van der Waals surface area contributed by atoms with Gasteiger partial charge in [-0.15, -0.1) is 0 Å². The molecule has 0 aliphatic carbocycles. The summed E-state index contributed by atoms with van der Waals surface area (Å²) in [5.41, 5.74) is 1.23. The Morgan fingerprint density at radius 2 is 1.56 bits per heavy atom. The Bertz CT molecular complexity index is 1280. The van der Waals surface area contributed by atoms with Crippen molar-refractivity contribution in [2.24, 2.45) is 0 Å². The summed E-state index contributed by atoms with van der Waals surface area (Å²) in [5.74, 6) is 1.97. The molecule has 1 fully saturated rings. The molecule has 1 aromatic heterocycles. The second-order valence-electron chi connectivity index (χ2n) is 8.45. The van der Waals surface area contributed by atoms with Crippen LogP contribution in [0.4, 0.5) is 13.2 Å². The maximum atomic E-state index is 12.7. The Kier molecular flexibility index (Phi) is 7.11. The first-order valence-electron chi connectivity index (χ1n) is 11.7. The second-order valence-corrected chi connectivity index (χ2v) is 8.45. The van der Waals surface area contributed by atoms with Crippen LogP contribution in [-0.2, 0) is 10.9 Å². The maximum absolute atomic E-state index is 12.7. The zero-order valence-corrected chi connectivity index (χ0v) is 19.5. The molecule has 9 heteroatoms. The van der Waals surface area contributed by atoms with Crippen LogP contribution in [-0.4, -0.2) is 49.3 Å². The van der Waals surface area contributed by atoms with Gasteiger partial charge in [0.15, 0.2) is 5.58 Å². The lowest BCUT2D eigenvalue weighted by Crippen LogP contribution is -2.37. The van der Waals surface area contributed by atoms with E-state index in [0.29, 0.717) is 35.1 Å². The molecule has 2 heterocycles. The molecule has 4 aromatic rings. The number of fused-ring (bicyclic) bond motifs is 1. The van der Waals surface area contributed by atoms with Crippen molar-refractivity contribution >= 4 is 11.1 Å². The zero-order chi connectivity index (χ0) is 25.0. The number of halogens is 3. The first-order valence-corrected chi connectivity index (χ1v) is 11.7. The molecule has 1 saturated heterocycles. The Labute approximate surface area is 206 Å². The molecular weight excluding hydrogens is 473 g/mol. The minimum atomic E-state index is -4.39. The molecule has 5 rings (SSSR count). The number of hydrogen-bond acceptors (Lipinski definition) is 6. The highest BCUT2D eigenvalue weighted by molar-refractivity contribution is 5.77. The van der Waals surface area contributed by atoms with Crippen LogP contribution in [0, 0.1) is 0 Å². The number of hydrogen-bond donors (Lipinski definition) is 0. The van der Waals surface area contributed by atoms with Gasteiger partial charge in [0.2, 0.25) is 5.89 Å². The van der Waals surface area contributed by atoms with E-state index in [9.17, 15) is 13.2 Å². The normalized spacial score (nSPS) is 14.8. The molecule has 1 aliphatic rings. The molecule has 3 aromatic carbocycles. The fourth-order valence-corrected chi connectivity index (χ4v) is 3.94. The summed E-state index contributed by atoms with van der Waals surface area (Å²) in [7, 11) is 0. The number of rotatable bonds is 8. The topological polar surface area (TPSA) is 57.0 Å². The summed E-state index contributed by atoms with van der Waals surface area (Å²) in [5, 5.41) is 0. The first-order chi connectivity index (χ1) is 17.4. The van der Waals surface area contributed by atoms with E-state index in [0.717, 1.165) is 62.7 Å². The molecule has 0 saturated carbocycles. The Morgan fingerprint density at radius 3 is 2.28 bits per heavy atom. The molecule has 0 bridgehead atoms. The highest BCUT2D eigenvalue weighted by Gasteiger charge is 2.30. The van der Waals surface area contributed by atoms with E-state index in [1.807, 2.05) is 24.3 Å². The van der Waals surface area contributed by atoms with Gasteiger partial charge in [-0.25, -0.2) is 4.98 Å². The van der Waals surface area contributed by atoms with Gasteiger partial charge in [0.05, 0.1) is 25.4 Å². The van der Waals surface area contributed by atoms with Crippen molar-refractivity contribution in [3.8, 4) is 28.7 Å². The van der Waals surface area contributed by atoms with E-state index in [4.69, 9.17) is 18.6 Å². The predicted molar refractivity (Wildman–Crippen MR) is 128 cm³/mol. The van der Waals surface area contributed by atoms with Gasteiger partial charge < -0.3 is 18.6 Å². The highest BCUT2D eigenvalue weighted by atomic mass is 19.4. The van der Waals surface area contributed by atoms with Crippen molar-refractivity contribution < 1.29 is 31.8 Å². The van der Waals surface area contributed by atoms with Gasteiger partial charge in [0.25, 0.3) is 0 Å². The third-order valence-electron chi connectivity index (χ3n) is 5.87. The van der Waals surface area contributed by atoms with Crippen molar-refractivity contribution in [3.05, 3.63) is 72.3 Å². The fourth-order valence-electron chi connectivity index (χ4n) is 3.94. The Hall–Kier alpha value is -3.56. The SMILES string of the molecule is FC(F)(F)c1ccc(Oc2ccc3nc(-c4ccc(OCCCN5CCOCC5)cc4)oc3c2)cc1. The molecule has 0 radical (unpaired) electrons. The van der Waals surface area contributed by atoms with Gasteiger partial charge in [-0.3, -0.25) is 4.90 Å². The van der Waals surface area contributed by atoms with E-state index < -0.39 is 11.7 Å². The molecule has 188 valence electrons. The van der Waals surface area contributed by atoms with Crippen LogP contribution in [0.2, 0.25) is 0 Å². The van der Waals surface area contributed by atoms with Gasteiger partial charge in [-0.05, 0) is 67.1 Å². The summed E-state index contributed by atoms with van der Waals surface area (Å²) < 4.78 is 61.1. The summed E-state index contributed by atoms with van der Waals surface area (Å²) in [6.45, 7) is 5.18. The fraction of sp³-hybridized carbons (Fsp3) is 0.296. The average Bonchev–Trinajstić information content (AvgIpc) is 3.31. The number of ether oxygens (including phenoxy) is 3. The van der Waals surface area contributed by atoms with E-state index in [-0.39, 0.29) is 0 Å². The van der Waals surface area contributed by atoms with Crippen molar-refractivity contribution in [2.45, 2.75) is 12.6 Å². The predicted octanol–water partition coefficient (Wildman–Crippen LogP) is 6.41. The quantitative estimate of drug-likeness (QED) is 0.262. The second kappa shape index (κ2) is 10.6. The highest BCUT2D eigenvalue weighted by Crippen LogP contribution is 2.33. The van der Waals surface area contributed by atoms with Gasteiger partial charge in [0, 0.05) is 31.3 Å². The van der Waals surface area contributed by atoms with Crippen LogP contribution in [0.15, 0.2) is 71.1 Å². The van der Waals surface area contributed by atoms with Crippen LogP contribution < -0.4 is 9.47 Å². The maximum Gasteiger partial charge on any atom is 0.416 e. The lowest BCUT2D eigenvalue weighted by atomic mass is 10.2. The van der Waals surface area contributed by atoms with Crippen molar-refractivity contribution in [1.82, 2.24) is 9.88 Å². The summed E-state index contributed by atoms with van der Waals surface area (Å²) >= 11 is 0. The Balaban J connectivity index is 1.19. The molecule has 6 nitrogen and oxygen atoms in total. The minimum absolute atomic E-state index is 0.294. The van der Waals surface area contributed by atoms with Crippen LogP contribution in [0.3, 0.4) is 0 Å². The van der Waals surface area contributed by atoms with Gasteiger partial charge in [0.1, 0.15) is 22.8 Å². The number of nitrogens with zero attached hydrogens (tertiary/aromatic N) is 2. The van der Waals surface area contributed by atoms with Gasteiger partial charge >= 0.3 is 6.18 Å². The van der Waals surface area contributed by atoms with Crippen LogP contribution in [0.25, 0.3) is 22.6 Å². The standard InChI is InChI=1S/C27H25F3N2O4/c28-27(29,30)20-4-8-22(9-5-20)35-23-10-11-24-25(18-23)36-26(31-24)19-2-6-21(7-3-19)34-15-1-12-32-13-16-33-17-14-32/h2-11,18H,1,12-17H2. The molecule has 36 heavy (non-hydrogen) atoms. The van der Waals surface area contributed by atoms with Crippen molar-refractivity contribution in [2.75, 3.05) is 39.5 Å². The largest absolute Gasteiger partial charge is 0.494 e. The van der Waals surface area contributed by atoms with Gasteiger partial charge in [-0.1, -0.05) is 0 Å². The lowest BCUT2D eigenvalue weighted by molar-refractivity contribution is -0.137. The smallest absolute Gasteiger partial charge is 0.416 e. The van der Waals surface area contributed by atoms with E-state index in [2.05, 4.69) is 9.88 Å². The lowest BCUT2D eigenvalue weighted by Gasteiger charge is -2.26.